The zero-order valence-electron chi connectivity index (χ0n) is 19.5. The van der Waals surface area contributed by atoms with Crippen LogP contribution in [0, 0.1) is 6.92 Å². The summed E-state index contributed by atoms with van der Waals surface area (Å²) in [7, 11) is -4.39. The minimum absolute atomic E-state index is 0.0441. The van der Waals surface area contributed by atoms with Gasteiger partial charge in [-0.3, -0.25) is 18.3 Å². The molecule has 0 saturated carbocycles. The van der Waals surface area contributed by atoms with Crippen molar-refractivity contribution < 1.29 is 36.4 Å². The Labute approximate surface area is 220 Å². The summed E-state index contributed by atoms with van der Waals surface area (Å²) in [5.41, 5.74) is 6.17. The fourth-order valence-electron chi connectivity index (χ4n) is 3.48. The van der Waals surface area contributed by atoms with Gasteiger partial charge in [0.2, 0.25) is 0 Å². The first kappa shape index (κ1) is 27.8. The van der Waals surface area contributed by atoms with Crippen LogP contribution in [0.1, 0.15) is 31.2 Å². The number of rotatable bonds is 8. The molecule has 0 amide bonds. The highest BCUT2D eigenvalue weighted by Gasteiger charge is 2.51. The molecule has 0 aliphatic carbocycles. The SMILES string of the molecule is CC(=O)OC[C@H]1O[C@@H](n2cc(C=CI)c(N)nc2=O)[C@H](OC(C)=O)[C@H]1OS(=O)(=O)c1ccc(C)cc1. The molecule has 0 unspecified atom stereocenters. The fourth-order valence-corrected chi connectivity index (χ4v) is 4.97. The van der Waals surface area contributed by atoms with Crippen LogP contribution >= 0.6 is 22.6 Å². The summed E-state index contributed by atoms with van der Waals surface area (Å²) in [6.07, 6.45) is -2.58. The van der Waals surface area contributed by atoms with Gasteiger partial charge in [-0.05, 0) is 29.2 Å². The molecule has 1 saturated heterocycles. The summed E-state index contributed by atoms with van der Waals surface area (Å²) in [5.74, 6) is -1.49. The largest absolute Gasteiger partial charge is 0.463 e. The smallest absolute Gasteiger partial charge is 0.351 e. The lowest BCUT2D eigenvalue weighted by Crippen LogP contribution is -2.42. The number of esters is 2. The molecule has 36 heavy (non-hydrogen) atoms. The number of aryl methyl sites for hydroxylation is 1. The van der Waals surface area contributed by atoms with Crippen molar-refractivity contribution in [2.45, 2.75) is 50.2 Å². The first-order chi connectivity index (χ1) is 16.9. The molecule has 1 fully saturated rings. The highest BCUT2D eigenvalue weighted by atomic mass is 127. The Balaban J connectivity index is 2.08. The molecule has 1 aromatic heterocycles. The second kappa shape index (κ2) is 11.5. The maximum atomic E-state index is 13.1. The Morgan fingerprint density at radius 3 is 2.44 bits per heavy atom. The summed E-state index contributed by atoms with van der Waals surface area (Å²) in [5, 5.41) is 0. The maximum Gasteiger partial charge on any atom is 0.351 e. The van der Waals surface area contributed by atoms with Crippen LogP contribution in [0.5, 0.6) is 0 Å². The zero-order chi connectivity index (χ0) is 26.6. The number of hydrogen-bond acceptors (Lipinski definition) is 11. The van der Waals surface area contributed by atoms with Crippen LogP contribution in [0.25, 0.3) is 6.08 Å². The molecule has 2 aromatic rings. The van der Waals surface area contributed by atoms with Gasteiger partial charge in [-0.15, -0.1) is 0 Å². The van der Waals surface area contributed by atoms with Gasteiger partial charge < -0.3 is 19.9 Å². The van der Waals surface area contributed by atoms with E-state index in [1.54, 1.807) is 29.2 Å². The number of ether oxygens (including phenoxy) is 3. The van der Waals surface area contributed by atoms with E-state index in [9.17, 15) is 22.8 Å². The van der Waals surface area contributed by atoms with Crippen molar-refractivity contribution in [2.75, 3.05) is 12.3 Å². The van der Waals surface area contributed by atoms with E-state index in [0.29, 0.717) is 5.56 Å². The number of hydrogen-bond donors (Lipinski definition) is 1. The van der Waals surface area contributed by atoms with Crippen molar-refractivity contribution in [3.05, 3.63) is 56.2 Å². The van der Waals surface area contributed by atoms with E-state index in [-0.39, 0.29) is 10.7 Å². The molecule has 2 N–H and O–H groups in total. The van der Waals surface area contributed by atoms with E-state index in [1.807, 2.05) is 22.6 Å². The molecular formula is C22H24IN3O9S. The van der Waals surface area contributed by atoms with E-state index in [2.05, 4.69) is 4.98 Å². The molecule has 2 heterocycles. The van der Waals surface area contributed by atoms with Crippen LogP contribution in [0.3, 0.4) is 0 Å². The lowest BCUT2D eigenvalue weighted by Gasteiger charge is -2.24. The lowest BCUT2D eigenvalue weighted by atomic mass is 10.1. The second-order valence-corrected chi connectivity index (χ2v) is 10.1. The first-order valence-electron chi connectivity index (χ1n) is 10.5. The molecule has 14 heteroatoms. The maximum absolute atomic E-state index is 13.1. The van der Waals surface area contributed by atoms with Crippen molar-refractivity contribution in [1.82, 2.24) is 9.55 Å². The van der Waals surface area contributed by atoms with Gasteiger partial charge in [0.1, 0.15) is 24.6 Å². The van der Waals surface area contributed by atoms with E-state index in [0.717, 1.165) is 24.0 Å². The molecule has 0 bridgehead atoms. The highest BCUT2D eigenvalue weighted by Crippen LogP contribution is 2.35. The van der Waals surface area contributed by atoms with Crippen LogP contribution in [0.15, 0.2) is 44.2 Å². The minimum Gasteiger partial charge on any atom is -0.463 e. The van der Waals surface area contributed by atoms with Crippen molar-refractivity contribution in [2.24, 2.45) is 0 Å². The topological polar surface area (TPSA) is 166 Å². The summed E-state index contributed by atoms with van der Waals surface area (Å²) in [6, 6.07) is 5.89. The second-order valence-electron chi connectivity index (χ2n) is 7.83. The quantitative estimate of drug-likeness (QED) is 0.256. The summed E-state index contributed by atoms with van der Waals surface area (Å²) in [6.45, 7) is 3.62. The van der Waals surface area contributed by atoms with Crippen LogP contribution in [-0.4, -0.2) is 54.8 Å². The number of anilines is 1. The minimum atomic E-state index is -4.39. The molecule has 1 aliphatic heterocycles. The average Bonchev–Trinajstić information content (AvgIpc) is 3.10. The number of nitrogens with zero attached hydrogens (tertiary/aromatic N) is 2. The number of nitrogen functional groups attached to an aromatic ring is 1. The van der Waals surface area contributed by atoms with E-state index in [1.165, 1.54) is 18.3 Å². The Morgan fingerprint density at radius 2 is 1.86 bits per heavy atom. The molecule has 12 nitrogen and oxygen atoms in total. The van der Waals surface area contributed by atoms with Gasteiger partial charge in [0.05, 0.1) is 4.90 Å². The predicted octanol–water partition coefficient (Wildman–Crippen LogP) is 1.71. The fraction of sp³-hybridized carbons (Fsp3) is 0.364. The molecule has 1 aliphatic rings. The zero-order valence-corrected chi connectivity index (χ0v) is 22.5. The third-order valence-corrected chi connectivity index (χ3v) is 6.80. The Hall–Kier alpha value is -2.82. The molecular weight excluding hydrogens is 609 g/mol. The normalized spacial score (nSPS) is 22.0. The Morgan fingerprint density at radius 1 is 1.19 bits per heavy atom. The first-order valence-corrected chi connectivity index (χ1v) is 13.2. The monoisotopic (exact) mass is 633 g/mol. The van der Waals surface area contributed by atoms with Crippen LogP contribution in [-0.2, 0) is 38.1 Å². The summed E-state index contributed by atoms with van der Waals surface area (Å²) < 4.78 is 50.6. The lowest BCUT2D eigenvalue weighted by molar-refractivity contribution is -0.155. The van der Waals surface area contributed by atoms with Gasteiger partial charge in [0, 0.05) is 25.6 Å². The van der Waals surface area contributed by atoms with E-state index < -0.39 is 58.9 Å². The number of benzene rings is 1. The van der Waals surface area contributed by atoms with Gasteiger partial charge >= 0.3 is 17.6 Å². The van der Waals surface area contributed by atoms with Gasteiger partial charge in [-0.1, -0.05) is 40.3 Å². The molecule has 0 spiro atoms. The number of carbonyl (C=O) groups excluding carboxylic acids is 2. The Bertz CT molecular complexity index is 1330. The van der Waals surface area contributed by atoms with Gasteiger partial charge in [-0.2, -0.15) is 13.4 Å². The summed E-state index contributed by atoms with van der Waals surface area (Å²) in [4.78, 5) is 39.8. The van der Waals surface area contributed by atoms with Crippen molar-refractivity contribution in [1.29, 1.82) is 0 Å². The molecule has 194 valence electrons. The third-order valence-electron chi connectivity index (χ3n) is 5.11. The van der Waals surface area contributed by atoms with Gasteiger partial charge in [0.15, 0.2) is 12.3 Å². The van der Waals surface area contributed by atoms with E-state index in [4.69, 9.17) is 24.1 Å². The Kier molecular flexibility index (Phi) is 8.86. The average molecular weight is 633 g/mol. The third kappa shape index (κ3) is 6.48. The number of halogens is 1. The molecule has 0 radical (unpaired) electrons. The number of aromatic nitrogens is 2. The molecule has 3 rings (SSSR count). The number of nitrogens with two attached hydrogens (primary N) is 1. The summed E-state index contributed by atoms with van der Waals surface area (Å²) >= 11 is 1.96. The highest BCUT2D eigenvalue weighted by molar-refractivity contribution is 14.1. The van der Waals surface area contributed by atoms with Gasteiger partial charge in [0.25, 0.3) is 10.1 Å². The predicted molar refractivity (Wildman–Crippen MR) is 135 cm³/mol. The van der Waals surface area contributed by atoms with E-state index >= 15 is 0 Å². The van der Waals surface area contributed by atoms with Crippen LogP contribution in [0.4, 0.5) is 5.82 Å². The van der Waals surface area contributed by atoms with Crippen LogP contribution < -0.4 is 11.4 Å². The van der Waals surface area contributed by atoms with Crippen LogP contribution in [0.2, 0.25) is 0 Å². The van der Waals surface area contributed by atoms with Gasteiger partial charge in [-0.25, -0.2) is 4.79 Å². The molecule has 1 aromatic carbocycles. The molecule has 4 atom stereocenters. The van der Waals surface area contributed by atoms with Crippen molar-refractivity contribution in [3.63, 3.8) is 0 Å². The van der Waals surface area contributed by atoms with Crippen molar-refractivity contribution >= 4 is 56.5 Å². The number of carbonyl (C=O) groups is 2. The standard InChI is InChI=1S/C22H24IN3O9S/c1-12-4-6-16(7-5-12)36(30,31)35-18-17(11-32-13(2)27)34-21(19(18)33-14(3)28)26-10-15(8-9-23)20(24)25-22(26)29/h4-10,17-19,21H,11H2,1-3H3,(H2,24,25,29)/t17-,18+,19-,21-/m1/s1. The van der Waals surface area contributed by atoms with Crippen molar-refractivity contribution in [3.8, 4) is 0 Å².